The predicted octanol–water partition coefficient (Wildman–Crippen LogP) is 0.809. The van der Waals surface area contributed by atoms with Gasteiger partial charge in [0, 0.05) is 23.9 Å². The maximum Gasteiger partial charge on any atom is 0.259 e. The number of nitrogen functional groups attached to an aromatic ring is 1. The molecule has 3 heterocycles. The van der Waals surface area contributed by atoms with Gasteiger partial charge >= 0.3 is 0 Å². The Morgan fingerprint density at radius 2 is 2.22 bits per heavy atom. The van der Waals surface area contributed by atoms with E-state index in [1.807, 2.05) is 0 Å². The number of amides is 1. The normalized spacial score (nSPS) is 15.3. The van der Waals surface area contributed by atoms with Crippen molar-refractivity contribution in [1.29, 1.82) is 0 Å². The summed E-state index contributed by atoms with van der Waals surface area (Å²) in [6, 6.07) is 3.57. The number of nitrogens with two attached hydrogens (primary N) is 1. The Morgan fingerprint density at radius 3 is 2.87 bits per heavy atom. The number of hydrogen-bond acceptors (Lipinski definition) is 7. The van der Waals surface area contributed by atoms with E-state index in [0.29, 0.717) is 17.1 Å². The molecule has 0 aliphatic carbocycles. The zero-order valence-electron chi connectivity index (χ0n) is 12.8. The van der Waals surface area contributed by atoms with Crippen molar-refractivity contribution in [1.82, 2.24) is 20.8 Å². The van der Waals surface area contributed by atoms with Crippen LogP contribution in [0.15, 0.2) is 22.9 Å². The van der Waals surface area contributed by atoms with Gasteiger partial charge in [0.2, 0.25) is 11.8 Å². The fourth-order valence-corrected chi connectivity index (χ4v) is 2.58. The largest absolute Gasteiger partial charge is 0.481 e. The fraction of sp³-hybridized carbons (Fsp3) is 0.400. The second kappa shape index (κ2) is 6.66. The van der Waals surface area contributed by atoms with Crippen LogP contribution in [0.4, 0.5) is 5.88 Å². The Hall–Kier alpha value is -2.61. The van der Waals surface area contributed by atoms with Crippen molar-refractivity contribution < 1.29 is 14.1 Å². The van der Waals surface area contributed by atoms with E-state index in [-0.39, 0.29) is 23.4 Å². The van der Waals surface area contributed by atoms with E-state index < -0.39 is 0 Å². The Bertz CT molecular complexity index is 677. The van der Waals surface area contributed by atoms with Gasteiger partial charge in [-0.2, -0.15) is 0 Å². The van der Waals surface area contributed by atoms with E-state index in [1.165, 1.54) is 7.11 Å². The second-order valence-corrected chi connectivity index (χ2v) is 5.36. The quantitative estimate of drug-likeness (QED) is 0.764. The van der Waals surface area contributed by atoms with Crippen LogP contribution in [0.5, 0.6) is 5.88 Å². The van der Waals surface area contributed by atoms with Gasteiger partial charge in [0.25, 0.3) is 5.91 Å². The van der Waals surface area contributed by atoms with E-state index in [4.69, 9.17) is 15.0 Å². The first-order valence-electron chi connectivity index (χ1n) is 7.46. The Morgan fingerprint density at radius 1 is 1.43 bits per heavy atom. The highest BCUT2D eigenvalue weighted by atomic mass is 16.5. The zero-order chi connectivity index (χ0) is 16.2. The maximum absolute atomic E-state index is 12.6. The van der Waals surface area contributed by atoms with E-state index in [0.717, 1.165) is 25.9 Å². The molecule has 0 unspecified atom stereocenters. The molecule has 0 aromatic carbocycles. The number of pyridine rings is 1. The number of carbonyl (C=O) groups excluding carboxylic acids is 1. The van der Waals surface area contributed by atoms with E-state index >= 15 is 0 Å². The molecule has 122 valence electrons. The van der Waals surface area contributed by atoms with Crippen LogP contribution >= 0.6 is 0 Å². The number of nitrogens with one attached hydrogen (secondary N) is 2. The summed E-state index contributed by atoms with van der Waals surface area (Å²) in [5.41, 5.74) is 7.06. The van der Waals surface area contributed by atoms with Crippen molar-refractivity contribution in [2.24, 2.45) is 0 Å². The number of rotatable bonds is 4. The third-order valence-electron chi connectivity index (χ3n) is 3.84. The molecule has 0 saturated carbocycles. The Balaban J connectivity index is 1.83. The van der Waals surface area contributed by atoms with Crippen LogP contribution in [-0.2, 0) is 0 Å². The lowest BCUT2D eigenvalue weighted by molar-refractivity contribution is 0.0930. The molecule has 8 nitrogen and oxygen atoms in total. The van der Waals surface area contributed by atoms with Crippen LogP contribution in [0.2, 0.25) is 0 Å². The topological polar surface area (TPSA) is 115 Å². The van der Waals surface area contributed by atoms with Crippen LogP contribution in [-0.4, -0.2) is 42.3 Å². The van der Waals surface area contributed by atoms with Crippen LogP contribution < -0.4 is 21.1 Å². The number of carbonyl (C=O) groups is 1. The average molecular weight is 317 g/mol. The Labute approximate surface area is 133 Å². The van der Waals surface area contributed by atoms with Crippen molar-refractivity contribution in [3.05, 3.63) is 23.9 Å². The molecule has 1 aliphatic rings. The van der Waals surface area contributed by atoms with Crippen molar-refractivity contribution in [2.45, 2.75) is 18.9 Å². The molecule has 4 N–H and O–H groups in total. The minimum absolute atomic E-state index is 0.00209. The fourth-order valence-electron chi connectivity index (χ4n) is 2.58. The molecule has 1 aliphatic heterocycles. The van der Waals surface area contributed by atoms with Crippen molar-refractivity contribution in [3.8, 4) is 17.1 Å². The monoisotopic (exact) mass is 317 g/mol. The van der Waals surface area contributed by atoms with Crippen molar-refractivity contribution >= 4 is 11.8 Å². The highest BCUT2D eigenvalue weighted by Gasteiger charge is 2.25. The number of methoxy groups -OCH3 is 1. The molecule has 23 heavy (non-hydrogen) atoms. The molecule has 2 aromatic rings. The summed E-state index contributed by atoms with van der Waals surface area (Å²) in [5, 5.41) is 10.1. The lowest BCUT2D eigenvalue weighted by Gasteiger charge is -2.23. The molecule has 0 radical (unpaired) electrons. The summed E-state index contributed by atoms with van der Waals surface area (Å²) in [4.78, 5) is 16.7. The van der Waals surface area contributed by atoms with Gasteiger partial charge < -0.3 is 25.6 Å². The van der Waals surface area contributed by atoms with Gasteiger partial charge in [-0.1, -0.05) is 5.16 Å². The van der Waals surface area contributed by atoms with Gasteiger partial charge in [0.05, 0.1) is 7.11 Å². The van der Waals surface area contributed by atoms with Crippen molar-refractivity contribution in [3.63, 3.8) is 0 Å². The minimum atomic E-state index is -0.276. The highest BCUT2D eigenvalue weighted by molar-refractivity contribution is 6.03. The lowest BCUT2D eigenvalue weighted by atomic mass is 10.0. The van der Waals surface area contributed by atoms with Gasteiger partial charge in [-0.15, -0.1) is 0 Å². The van der Waals surface area contributed by atoms with Gasteiger partial charge in [-0.3, -0.25) is 4.79 Å². The van der Waals surface area contributed by atoms with Gasteiger partial charge in [0.1, 0.15) is 11.3 Å². The first kappa shape index (κ1) is 15.3. The maximum atomic E-state index is 12.6. The summed E-state index contributed by atoms with van der Waals surface area (Å²) in [6.07, 6.45) is 3.34. The SMILES string of the molecule is COc1ccc(-c2noc(N)c2C(=O)NC2CCNCC2)cn1. The number of aromatic nitrogens is 2. The molecule has 1 fully saturated rings. The third kappa shape index (κ3) is 3.26. The Kier molecular flexibility index (Phi) is 4.42. The number of nitrogens with zero attached hydrogens (tertiary/aromatic N) is 2. The number of ether oxygens (including phenoxy) is 1. The van der Waals surface area contributed by atoms with Gasteiger partial charge in [-0.05, 0) is 32.0 Å². The summed E-state index contributed by atoms with van der Waals surface area (Å²) in [6.45, 7) is 1.78. The molecule has 0 spiro atoms. The van der Waals surface area contributed by atoms with Crippen LogP contribution in [0.25, 0.3) is 11.3 Å². The molecular formula is C15H19N5O3. The van der Waals surface area contributed by atoms with Gasteiger partial charge in [-0.25, -0.2) is 4.98 Å². The van der Waals surface area contributed by atoms with Crippen LogP contribution in [0, 0.1) is 0 Å². The predicted molar refractivity (Wildman–Crippen MR) is 84.1 cm³/mol. The molecular weight excluding hydrogens is 298 g/mol. The van der Waals surface area contributed by atoms with E-state index in [1.54, 1.807) is 18.3 Å². The summed E-state index contributed by atoms with van der Waals surface area (Å²) < 4.78 is 10.0. The first-order chi connectivity index (χ1) is 11.2. The molecule has 8 heteroatoms. The van der Waals surface area contributed by atoms with Crippen molar-refractivity contribution in [2.75, 3.05) is 25.9 Å². The summed E-state index contributed by atoms with van der Waals surface area (Å²) in [5.74, 6) is 0.203. The molecule has 3 rings (SSSR count). The highest BCUT2D eigenvalue weighted by Crippen LogP contribution is 2.27. The van der Waals surface area contributed by atoms with E-state index in [9.17, 15) is 4.79 Å². The molecule has 0 bridgehead atoms. The number of anilines is 1. The molecule has 1 amide bonds. The van der Waals surface area contributed by atoms with Crippen LogP contribution in [0.3, 0.4) is 0 Å². The summed E-state index contributed by atoms with van der Waals surface area (Å²) in [7, 11) is 1.54. The molecule has 0 atom stereocenters. The number of piperidine rings is 1. The van der Waals surface area contributed by atoms with Crippen LogP contribution in [0.1, 0.15) is 23.2 Å². The standard InChI is InChI=1S/C15H19N5O3/c1-22-11-3-2-9(8-18-11)13-12(14(16)23-20-13)15(21)19-10-4-6-17-7-5-10/h2-3,8,10,17H,4-7,16H2,1H3,(H,19,21). The summed E-state index contributed by atoms with van der Waals surface area (Å²) >= 11 is 0. The lowest BCUT2D eigenvalue weighted by Crippen LogP contribution is -2.42. The smallest absolute Gasteiger partial charge is 0.259 e. The zero-order valence-corrected chi connectivity index (χ0v) is 12.8. The molecule has 1 saturated heterocycles. The van der Waals surface area contributed by atoms with Gasteiger partial charge in [0.15, 0.2) is 0 Å². The minimum Gasteiger partial charge on any atom is -0.481 e. The second-order valence-electron chi connectivity index (χ2n) is 5.36. The molecule has 2 aromatic heterocycles. The van der Waals surface area contributed by atoms with E-state index in [2.05, 4.69) is 20.8 Å². The third-order valence-corrected chi connectivity index (χ3v) is 3.84. The average Bonchev–Trinajstić information content (AvgIpc) is 2.97. The number of hydrogen-bond donors (Lipinski definition) is 3. The first-order valence-corrected chi connectivity index (χ1v) is 7.46.